The Labute approximate surface area is 179 Å². The molecule has 0 atom stereocenters. The number of benzene rings is 2. The van der Waals surface area contributed by atoms with Crippen LogP contribution in [0.3, 0.4) is 0 Å². The highest BCUT2D eigenvalue weighted by Crippen LogP contribution is 2.36. The van der Waals surface area contributed by atoms with Gasteiger partial charge in [0.1, 0.15) is 5.82 Å². The third-order valence-corrected chi connectivity index (χ3v) is 6.87. The molecule has 160 valence electrons. The molecule has 1 saturated heterocycles. The zero-order valence-corrected chi connectivity index (χ0v) is 17.7. The summed E-state index contributed by atoms with van der Waals surface area (Å²) in [5, 5.41) is 3.25. The Morgan fingerprint density at radius 3 is 2.47 bits per heavy atom. The number of hydrogen-bond acceptors (Lipinski definition) is 2. The van der Waals surface area contributed by atoms with Gasteiger partial charge in [-0.05, 0) is 60.4 Å². The number of ether oxygens (including phenoxy) is 1. The average molecular weight is 410 g/mol. The minimum absolute atomic E-state index is 0.167. The van der Waals surface area contributed by atoms with Crippen LogP contribution in [-0.4, -0.2) is 25.7 Å². The molecule has 1 N–H and O–H groups in total. The van der Waals surface area contributed by atoms with Gasteiger partial charge >= 0.3 is 0 Å². The number of nitrogens with one attached hydrogen (secondary N) is 1. The summed E-state index contributed by atoms with van der Waals surface area (Å²) in [5.41, 5.74) is 2.54. The average Bonchev–Trinajstić information content (AvgIpc) is 3.28. The Balaban J connectivity index is 1.47. The first kappa shape index (κ1) is 21.0. The van der Waals surface area contributed by atoms with Crippen molar-refractivity contribution in [1.82, 2.24) is 5.32 Å². The highest BCUT2D eigenvalue weighted by Gasteiger charge is 2.40. The maximum atomic E-state index is 13.7. The highest BCUT2D eigenvalue weighted by molar-refractivity contribution is 5.83. The molecule has 1 heterocycles. The summed E-state index contributed by atoms with van der Waals surface area (Å²) in [7, 11) is 0. The molecule has 0 spiro atoms. The zero-order chi connectivity index (χ0) is 20.8. The molecular weight excluding hydrogens is 377 g/mol. The third-order valence-electron chi connectivity index (χ3n) is 6.87. The second-order valence-corrected chi connectivity index (χ2v) is 8.98. The highest BCUT2D eigenvalue weighted by atomic mass is 19.1. The summed E-state index contributed by atoms with van der Waals surface area (Å²) in [5.74, 6) is 0.708. The molecule has 2 aromatic rings. The molecule has 2 aliphatic rings. The monoisotopic (exact) mass is 409 g/mol. The summed E-state index contributed by atoms with van der Waals surface area (Å²) in [6.07, 6.45) is 8.55. The van der Waals surface area contributed by atoms with Crippen LogP contribution in [0.2, 0.25) is 0 Å². The van der Waals surface area contributed by atoms with Crippen molar-refractivity contribution in [3.63, 3.8) is 0 Å². The van der Waals surface area contributed by atoms with E-state index in [4.69, 9.17) is 4.74 Å². The van der Waals surface area contributed by atoms with E-state index in [1.807, 2.05) is 18.2 Å². The van der Waals surface area contributed by atoms with Crippen LogP contribution in [0.5, 0.6) is 0 Å². The van der Waals surface area contributed by atoms with Gasteiger partial charge in [0.15, 0.2) is 0 Å². The van der Waals surface area contributed by atoms with Gasteiger partial charge in [-0.2, -0.15) is 0 Å². The van der Waals surface area contributed by atoms with E-state index in [0.717, 1.165) is 48.4 Å². The van der Waals surface area contributed by atoms with Crippen molar-refractivity contribution in [2.24, 2.45) is 11.3 Å². The number of halogens is 1. The van der Waals surface area contributed by atoms with E-state index >= 15 is 0 Å². The van der Waals surface area contributed by atoms with E-state index in [1.165, 1.54) is 31.7 Å². The molecule has 1 aliphatic carbocycles. The van der Waals surface area contributed by atoms with Crippen LogP contribution < -0.4 is 5.32 Å². The van der Waals surface area contributed by atoms with Crippen molar-refractivity contribution in [2.75, 3.05) is 19.8 Å². The van der Waals surface area contributed by atoms with Crippen LogP contribution >= 0.6 is 0 Å². The first-order valence-electron chi connectivity index (χ1n) is 11.4. The second-order valence-electron chi connectivity index (χ2n) is 8.98. The first-order valence-corrected chi connectivity index (χ1v) is 11.4. The van der Waals surface area contributed by atoms with Crippen molar-refractivity contribution < 1.29 is 13.9 Å². The van der Waals surface area contributed by atoms with Crippen LogP contribution in [0.15, 0.2) is 48.5 Å². The van der Waals surface area contributed by atoms with E-state index in [0.29, 0.717) is 19.6 Å². The summed E-state index contributed by atoms with van der Waals surface area (Å²) in [6, 6.07) is 14.8. The molecule has 4 heteroatoms. The Morgan fingerprint density at radius 2 is 1.73 bits per heavy atom. The maximum absolute atomic E-state index is 13.7. The largest absolute Gasteiger partial charge is 0.381 e. The molecule has 1 aliphatic heterocycles. The number of carbonyl (C=O) groups is 1. The normalized spacial score (nSPS) is 19.0. The van der Waals surface area contributed by atoms with Crippen LogP contribution in [0, 0.1) is 17.2 Å². The van der Waals surface area contributed by atoms with E-state index < -0.39 is 5.41 Å². The number of hydrogen-bond donors (Lipinski definition) is 1. The van der Waals surface area contributed by atoms with Crippen molar-refractivity contribution in [3.05, 3.63) is 59.9 Å². The van der Waals surface area contributed by atoms with Crippen molar-refractivity contribution in [3.8, 4) is 11.1 Å². The van der Waals surface area contributed by atoms with Crippen molar-refractivity contribution >= 4 is 5.91 Å². The standard InChI is InChI=1S/C26H32FNO2/c27-24-10-4-9-23(18-24)22-8-3-7-21(17-22)19-26(12-15-30-16-13-26)25(29)28-14-11-20-5-1-2-6-20/h3-4,7-10,17-18,20H,1-2,5-6,11-16,19H2,(H,28,29). The SMILES string of the molecule is O=C(NCCC1CCCC1)C1(Cc2cccc(-c3cccc(F)c3)c2)CCOCC1. The minimum atomic E-state index is -0.422. The van der Waals surface area contributed by atoms with E-state index in [-0.39, 0.29) is 11.7 Å². The fourth-order valence-corrected chi connectivity index (χ4v) is 5.04. The quantitative estimate of drug-likeness (QED) is 0.653. The fraction of sp³-hybridized carbons (Fsp3) is 0.500. The molecule has 1 saturated carbocycles. The molecule has 1 amide bonds. The Hall–Kier alpha value is -2.20. The van der Waals surface area contributed by atoms with Gasteiger partial charge in [0.2, 0.25) is 5.91 Å². The van der Waals surface area contributed by atoms with Crippen LogP contribution in [-0.2, 0) is 16.0 Å². The number of rotatable bonds is 7. The topological polar surface area (TPSA) is 38.3 Å². The predicted octanol–water partition coefficient (Wildman–Crippen LogP) is 5.53. The molecule has 0 bridgehead atoms. The zero-order valence-electron chi connectivity index (χ0n) is 17.7. The van der Waals surface area contributed by atoms with Crippen LogP contribution in [0.1, 0.15) is 50.5 Å². The molecule has 0 radical (unpaired) electrons. The number of amides is 1. The molecule has 2 fully saturated rings. The van der Waals surface area contributed by atoms with Gasteiger partial charge in [-0.25, -0.2) is 4.39 Å². The molecule has 30 heavy (non-hydrogen) atoms. The lowest BCUT2D eigenvalue weighted by molar-refractivity contribution is -0.136. The molecule has 2 aromatic carbocycles. The fourth-order valence-electron chi connectivity index (χ4n) is 5.04. The Bertz CT molecular complexity index is 854. The van der Waals surface area contributed by atoms with E-state index in [1.54, 1.807) is 12.1 Å². The van der Waals surface area contributed by atoms with Crippen molar-refractivity contribution in [2.45, 2.75) is 51.4 Å². The summed E-state index contributed by atoms with van der Waals surface area (Å²) >= 11 is 0. The van der Waals surface area contributed by atoms with Gasteiger partial charge < -0.3 is 10.1 Å². The Morgan fingerprint density at radius 1 is 1.03 bits per heavy atom. The number of carbonyl (C=O) groups excluding carboxylic acids is 1. The summed E-state index contributed by atoms with van der Waals surface area (Å²) in [4.78, 5) is 13.3. The van der Waals surface area contributed by atoms with Gasteiger partial charge in [-0.15, -0.1) is 0 Å². The molecule has 0 aromatic heterocycles. The minimum Gasteiger partial charge on any atom is -0.381 e. The van der Waals surface area contributed by atoms with Crippen LogP contribution in [0.4, 0.5) is 4.39 Å². The molecule has 0 unspecified atom stereocenters. The summed E-state index contributed by atoms with van der Waals surface area (Å²) < 4.78 is 19.2. The lowest BCUT2D eigenvalue weighted by atomic mass is 9.74. The van der Waals surface area contributed by atoms with Gasteiger partial charge in [0.25, 0.3) is 0 Å². The van der Waals surface area contributed by atoms with Gasteiger partial charge in [0, 0.05) is 19.8 Å². The Kier molecular flexibility index (Phi) is 6.83. The van der Waals surface area contributed by atoms with E-state index in [2.05, 4.69) is 17.4 Å². The van der Waals surface area contributed by atoms with E-state index in [9.17, 15) is 9.18 Å². The molecule has 3 nitrogen and oxygen atoms in total. The lowest BCUT2D eigenvalue weighted by Gasteiger charge is -2.36. The third kappa shape index (κ3) is 5.10. The first-order chi connectivity index (χ1) is 14.6. The maximum Gasteiger partial charge on any atom is 0.226 e. The molecular formula is C26H32FNO2. The van der Waals surface area contributed by atoms with Crippen molar-refractivity contribution in [1.29, 1.82) is 0 Å². The predicted molar refractivity (Wildman–Crippen MR) is 118 cm³/mol. The van der Waals surface area contributed by atoms with Gasteiger partial charge in [-0.1, -0.05) is 62.1 Å². The second kappa shape index (κ2) is 9.74. The smallest absolute Gasteiger partial charge is 0.226 e. The summed E-state index contributed by atoms with van der Waals surface area (Å²) in [6.45, 7) is 2.02. The van der Waals surface area contributed by atoms with Crippen LogP contribution in [0.25, 0.3) is 11.1 Å². The molecule has 4 rings (SSSR count). The lowest BCUT2D eigenvalue weighted by Crippen LogP contribution is -2.46. The van der Waals surface area contributed by atoms with Gasteiger partial charge in [0.05, 0.1) is 5.41 Å². The van der Waals surface area contributed by atoms with Gasteiger partial charge in [-0.3, -0.25) is 4.79 Å².